The third-order valence-corrected chi connectivity index (χ3v) is 8.77. The van der Waals surface area contributed by atoms with Crippen LogP contribution in [0.25, 0.3) is 0 Å². The molecule has 0 spiro atoms. The molecule has 2 heteroatoms. The van der Waals surface area contributed by atoms with Gasteiger partial charge in [0.1, 0.15) is 0 Å². The van der Waals surface area contributed by atoms with Gasteiger partial charge < -0.3 is 8.97 Å². The van der Waals surface area contributed by atoms with Crippen LogP contribution in [0.5, 0.6) is 0 Å². The Labute approximate surface area is 165 Å². The summed E-state index contributed by atoms with van der Waals surface area (Å²) in [4.78, 5) is 0. The van der Waals surface area contributed by atoms with Crippen molar-refractivity contribution in [3.8, 4) is 0 Å². The molecule has 0 radical (unpaired) electrons. The number of likely N-dealkylation sites (tertiary alicyclic amines) is 2. The highest BCUT2D eigenvalue weighted by atomic mass is 15.4. The third-order valence-electron chi connectivity index (χ3n) is 8.77. The van der Waals surface area contributed by atoms with Crippen LogP contribution in [-0.4, -0.2) is 61.3 Å². The predicted octanol–water partition coefficient (Wildman–Crippen LogP) is 5.57. The number of hydrogen-bond donors (Lipinski definition) is 0. The Kier molecular flexibility index (Phi) is 8.47. The number of hydrogen-bond acceptors (Lipinski definition) is 0. The maximum absolute atomic E-state index is 2.45. The third kappa shape index (κ3) is 4.85. The smallest absolute Gasteiger partial charge is 0.0820 e. The second-order valence-electron chi connectivity index (χ2n) is 9.87. The van der Waals surface area contributed by atoms with Gasteiger partial charge in [-0.05, 0) is 39.5 Å². The largest absolute Gasteiger partial charge is 0.323 e. The van der Waals surface area contributed by atoms with Crippen LogP contribution in [0.3, 0.4) is 0 Å². The lowest BCUT2D eigenvalue weighted by Gasteiger charge is -2.36. The Balaban J connectivity index is 1.85. The molecule has 154 valence electrons. The van der Waals surface area contributed by atoms with E-state index in [1.165, 1.54) is 99.8 Å². The van der Waals surface area contributed by atoms with Crippen molar-refractivity contribution < 1.29 is 8.97 Å². The number of unbranched alkanes of at least 4 members (excludes halogenated alkanes) is 1. The molecule has 2 nitrogen and oxygen atoms in total. The Hall–Kier alpha value is -0.0800. The van der Waals surface area contributed by atoms with E-state index in [4.69, 9.17) is 0 Å². The van der Waals surface area contributed by atoms with Crippen LogP contribution in [0.4, 0.5) is 0 Å². The topological polar surface area (TPSA) is 0 Å². The first-order valence-corrected chi connectivity index (χ1v) is 12.2. The van der Waals surface area contributed by atoms with Crippen molar-refractivity contribution in [3.05, 3.63) is 0 Å². The first kappa shape index (κ1) is 22.2. The van der Waals surface area contributed by atoms with E-state index in [1.807, 2.05) is 0 Å². The molecular formula is C24H50N2+2. The monoisotopic (exact) mass is 366 g/mol. The fourth-order valence-electron chi connectivity index (χ4n) is 6.68. The second-order valence-corrected chi connectivity index (χ2v) is 9.87. The Bertz CT molecular complexity index is 343. The van der Waals surface area contributed by atoms with Crippen LogP contribution in [0.2, 0.25) is 0 Å². The SMILES string of the molecule is CCC1C[N+](CC)(CCCC[N+]2(CC)CC(CC)C(CC)C2)CC1CC. The van der Waals surface area contributed by atoms with E-state index in [2.05, 4.69) is 41.5 Å². The number of nitrogens with zero attached hydrogens (tertiary/aromatic N) is 2. The van der Waals surface area contributed by atoms with E-state index < -0.39 is 0 Å². The maximum Gasteiger partial charge on any atom is 0.0820 e. The van der Waals surface area contributed by atoms with E-state index in [1.54, 1.807) is 0 Å². The average Bonchev–Trinajstić information content (AvgIpc) is 3.24. The molecule has 2 aliphatic heterocycles. The van der Waals surface area contributed by atoms with Crippen molar-refractivity contribution in [2.45, 2.75) is 80.1 Å². The van der Waals surface area contributed by atoms with Crippen LogP contribution in [0.15, 0.2) is 0 Å². The van der Waals surface area contributed by atoms with Gasteiger partial charge in [0.25, 0.3) is 0 Å². The molecule has 0 aromatic heterocycles. The van der Waals surface area contributed by atoms with E-state index in [0.29, 0.717) is 0 Å². The molecule has 2 rings (SSSR count). The highest BCUT2D eigenvalue weighted by molar-refractivity contribution is 4.76. The van der Waals surface area contributed by atoms with Gasteiger partial charge >= 0.3 is 0 Å². The number of rotatable bonds is 11. The van der Waals surface area contributed by atoms with Gasteiger partial charge in [-0.3, -0.25) is 0 Å². The quantitative estimate of drug-likeness (QED) is 0.331. The molecule has 0 aliphatic carbocycles. The zero-order chi connectivity index (χ0) is 19.2. The standard InChI is InChI=1S/C24H50N2/c1-7-21-17-25(11-5,18-22(21)8-2)15-13-14-16-26(12-6)19-23(9-3)24(10-4)20-26/h21-24H,7-20H2,1-6H3/q+2. The Morgan fingerprint density at radius 3 is 0.962 bits per heavy atom. The number of quaternary nitrogens is 2. The van der Waals surface area contributed by atoms with Crippen molar-refractivity contribution in [2.75, 3.05) is 52.4 Å². The molecule has 2 fully saturated rings. The molecule has 4 atom stereocenters. The summed E-state index contributed by atoms with van der Waals surface area (Å²) in [6.07, 6.45) is 8.48. The van der Waals surface area contributed by atoms with Crippen LogP contribution in [0, 0.1) is 23.7 Å². The fourth-order valence-corrected chi connectivity index (χ4v) is 6.68. The Morgan fingerprint density at radius 1 is 0.500 bits per heavy atom. The average molecular weight is 367 g/mol. The van der Waals surface area contributed by atoms with Gasteiger partial charge in [0, 0.05) is 36.5 Å². The molecule has 2 saturated heterocycles. The van der Waals surface area contributed by atoms with Gasteiger partial charge in [-0.25, -0.2) is 0 Å². The maximum atomic E-state index is 2.45. The summed E-state index contributed by atoms with van der Waals surface area (Å²) in [5.41, 5.74) is 0. The van der Waals surface area contributed by atoms with Gasteiger partial charge in [-0.2, -0.15) is 0 Å². The van der Waals surface area contributed by atoms with Crippen LogP contribution in [0.1, 0.15) is 80.1 Å². The van der Waals surface area contributed by atoms with Gasteiger partial charge in [0.15, 0.2) is 0 Å². The lowest BCUT2D eigenvalue weighted by molar-refractivity contribution is -0.923. The van der Waals surface area contributed by atoms with Crippen LogP contribution < -0.4 is 0 Å². The van der Waals surface area contributed by atoms with Crippen LogP contribution in [-0.2, 0) is 0 Å². The molecule has 26 heavy (non-hydrogen) atoms. The van der Waals surface area contributed by atoms with Crippen molar-refractivity contribution in [1.29, 1.82) is 0 Å². The minimum Gasteiger partial charge on any atom is -0.323 e. The zero-order valence-corrected chi connectivity index (χ0v) is 19.1. The van der Waals surface area contributed by atoms with Gasteiger partial charge in [0.2, 0.25) is 0 Å². The second kappa shape index (κ2) is 9.92. The van der Waals surface area contributed by atoms with Crippen molar-refractivity contribution >= 4 is 0 Å². The lowest BCUT2D eigenvalue weighted by Crippen LogP contribution is -2.49. The minimum atomic E-state index is 0.989. The molecule has 0 aromatic carbocycles. The van der Waals surface area contributed by atoms with Crippen molar-refractivity contribution in [3.63, 3.8) is 0 Å². The molecule has 0 bridgehead atoms. The predicted molar refractivity (Wildman–Crippen MR) is 115 cm³/mol. The van der Waals surface area contributed by atoms with Crippen molar-refractivity contribution in [1.82, 2.24) is 0 Å². The summed E-state index contributed by atoms with van der Waals surface area (Å²) in [6.45, 7) is 26.0. The summed E-state index contributed by atoms with van der Waals surface area (Å²) >= 11 is 0. The Morgan fingerprint density at radius 2 is 0.769 bits per heavy atom. The highest BCUT2D eigenvalue weighted by Gasteiger charge is 2.43. The van der Waals surface area contributed by atoms with E-state index >= 15 is 0 Å². The molecule has 0 saturated carbocycles. The molecule has 0 N–H and O–H groups in total. The van der Waals surface area contributed by atoms with Gasteiger partial charge in [-0.15, -0.1) is 0 Å². The first-order valence-electron chi connectivity index (χ1n) is 12.2. The van der Waals surface area contributed by atoms with Crippen molar-refractivity contribution in [2.24, 2.45) is 23.7 Å². The summed E-state index contributed by atoms with van der Waals surface area (Å²) in [5, 5.41) is 0. The van der Waals surface area contributed by atoms with Gasteiger partial charge in [-0.1, -0.05) is 27.7 Å². The molecule has 2 aliphatic rings. The highest BCUT2D eigenvalue weighted by Crippen LogP contribution is 2.36. The zero-order valence-electron chi connectivity index (χ0n) is 19.1. The van der Waals surface area contributed by atoms with E-state index in [9.17, 15) is 0 Å². The van der Waals surface area contributed by atoms with E-state index in [0.717, 1.165) is 23.7 Å². The normalized spacial score (nSPS) is 40.4. The molecule has 0 aromatic rings. The molecule has 4 unspecified atom stereocenters. The van der Waals surface area contributed by atoms with E-state index in [-0.39, 0.29) is 0 Å². The summed E-state index contributed by atoms with van der Waals surface area (Å²) in [7, 11) is 0. The fraction of sp³-hybridized carbons (Fsp3) is 1.00. The van der Waals surface area contributed by atoms with Crippen LogP contribution >= 0.6 is 0 Å². The first-order chi connectivity index (χ1) is 12.5. The molecule has 0 amide bonds. The van der Waals surface area contributed by atoms with Gasteiger partial charge in [0.05, 0.1) is 52.4 Å². The summed E-state index contributed by atoms with van der Waals surface area (Å²) in [5.74, 6) is 3.96. The minimum absolute atomic E-state index is 0.989. The molecule has 2 heterocycles. The molecular weight excluding hydrogens is 316 g/mol. The lowest BCUT2D eigenvalue weighted by atomic mass is 9.92. The summed E-state index contributed by atoms with van der Waals surface area (Å²) < 4.78 is 2.86. The summed E-state index contributed by atoms with van der Waals surface area (Å²) in [6, 6.07) is 0.